The summed E-state index contributed by atoms with van der Waals surface area (Å²) in [4.78, 5) is 25.3. The number of carbonyl (C=O) groups is 2. The lowest BCUT2D eigenvalue weighted by atomic mass is 10.0. The molecule has 27 heavy (non-hydrogen) atoms. The largest absolute Gasteiger partial charge is 0.494 e. The molecule has 2 amide bonds. The monoisotopic (exact) mass is 380 g/mol. The second-order valence-corrected chi connectivity index (χ2v) is 6.36. The van der Waals surface area contributed by atoms with E-state index in [-0.39, 0.29) is 18.4 Å². The maximum Gasteiger partial charge on any atom is 0.338 e. The van der Waals surface area contributed by atoms with Gasteiger partial charge in [-0.05, 0) is 39.0 Å². The van der Waals surface area contributed by atoms with E-state index < -0.39 is 17.8 Å². The summed E-state index contributed by atoms with van der Waals surface area (Å²) < 4.78 is 24.0. The van der Waals surface area contributed by atoms with E-state index in [4.69, 9.17) is 9.47 Å². The van der Waals surface area contributed by atoms with Crippen molar-refractivity contribution in [3.05, 3.63) is 40.8 Å². The minimum absolute atomic E-state index is 0.198. The number of hydrogen-bond acceptors (Lipinski definition) is 4. The number of rotatable bonds is 8. The summed E-state index contributed by atoms with van der Waals surface area (Å²) in [5, 5.41) is 5.41. The highest BCUT2D eigenvalue weighted by atomic mass is 19.1. The molecule has 0 aromatic heterocycles. The first-order valence-electron chi connectivity index (χ1n) is 9.03. The number of likely N-dealkylation sites (N-methyl/N-ethyl adjacent to an activating group) is 1. The fourth-order valence-electron chi connectivity index (χ4n) is 3.09. The van der Waals surface area contributed by atoms with Crippen LogP contribution in [0.2, 0.25) is 0 Å². The zero-order chi connectivity index (χ0) is 20.0. The molecule has 2 atom stereocenters. The van der Waals surface area contributed by atoms with Crippen LogP contribution in [0.1, 0.15) is 26.3 Å². The Morgan fingerprint density at radius 1 is 1.30 bits per heavy atom. The van der Waals surface area contributed by atoms with Crippen LogP contribution in [-0.4, -0.2) is 44.8 Å². The van der Waals surface area contributed by atoms with Gasteiger partial charge in [0.2, 0.25) is 0 Å². The van der Waals surface area contributed by atoms with Crippen molar-refractivity contribution in [1.82, 2.24) is 10.6 Å². The Hall–Kier alpha value is -2.61. The standard InChI is InChI=1S/C19H26FN3O4/c1-5-23(10-13-7-8-16(26-4)14(20)9-13)11-15-17(18(24)27-6-2)12(3)21-19(25)22-15/h7-9,12H,5-6,10-11H2,1-4H3,(H2,21,22,25)/p+1/t12-/m0/s1. The zero-order valence-electron chi connectivity index (χ0n) is 16.1. The highest BCUT2D eigenvalue weighted by Crippen LogP contribution is 2.17. The quantitative estimate of drug-likeness (QED) is 0.582. The van der Waals surface area contributed by atoms with E-state index in [0.717, 1.165) is 17.0 Å². The number of benzene rings is 1. The third-order valence-corrected chi connectivity index (χ3v) is 4.46. The number of amides is 2. The van der Waals surface area contributed by atoms with Crippen molar-refractivity contribution in [2.75, 3.05) is 26.8 Å². The van der Waals surface area contributed by atoms with Crippen LogP contribution in [0.3, 0.4) is 0 Å². The van der Waals surface area contributed by atoms with Crippen LogP contribution in [-0.2, 0) is 16.1 Å². The van der Waals surface area contributed by atoms with Gasteiger partial charge in [-0.2, -0.15) is 0 Å². The number of urea groups is 1. The summed E-state index contributed by atoms with van der Waals surface area (Å²) in [5.41, 5.74) is 1.76. The molecule has 1 heterocycles. The van der Waals surface area contributed by atoms with Crippen LogP contribution < -0.4 is 20.3 Å². The number of esters is 1. The van der Waals surface area contributed by atoms with Crippen molar-refractivity contribution < 1.29 is 28.4 Å². The molecule has 1 aromatic rings. The molecular formula is C19H27FN3O4+. The zero-order valence-corrected chi connectivity index (χ0v) is 16.1. The van der Waals surface area contributed by atoms with E-state index in [1.165, 1.54) is 13.2 Å². The Morgan fingerprint density at radius 2 is 2.04 bits per heavy atom. The first kappa shape index (κ1) is 20.7. The maximum absolute atomic E-state index is 13.9. The summed E-state index contributed by atoms with van der Waals surface area (Å²) in [6, 6.07) is 4.05. The van der Waals surface area contributed by atoms with Gasteiger partial charge in [-0.25, -0.2) is 14.0 Å². The summed E-state index contributed by atoms with van der Waals surface area (Å²) in [7, 11) is 1.42. The number of carbonyl (C=O) groups excluding carboxylic acids is 2. The Bertz CT molecular complexity index is 736. The van der Waals surface area contributed by atoms with Crippen LogP contribution in [0.4, 0.5) is 9.18 Å². The van der Waals surface area contributed by atoms with Crippen molar-refractivity contribution in [2.45, 2.75) is 33.4 Å². The predicted molar refractivity (Wildman–Crippen MR) is 97.8 cm³/mol. The van der Waals surface area contributed by atoms with Crippen LogP contribution in [0, 0.1) is 5.82 Å². The molecular weight excluding hydrogens is 353 g/mol. The summed E-state index contributed by atoms with van der Waals surface area (Å²) in [6.07, 6.45) is 0. The molecule has 0 bridgehead atoms. The van der Waals surface area contributed by atoms with Crippen LogP contribution in [0.5, 0.6) is 5.75 Å². The molecule has 2 rings (SSSR count). The van der Waals surface area contributed by atoms with Gasteiger partial charge in [-0.1, -0.05) is 0 Å². The lowest BCUT2D eigenvalue weighted by molar-refractivity contribution is -0.907. The molecule has 1 aliphatic heterocycles. The number of hydrogen-bond donors (Lipinski definition) is 3. The van der Waals surface area contributed by atoms with Gasteiger partial charge in [0, 0.05) is 5.56 Å². The molecule has 0 radical (unpaired) electrons. The van der Waals surface area contributed by atoms with Gasteiger partial charge < -0.3 is 25.0 Å². The van der Waals surface area contributed by atoms with Crippen molar-refractivity contribution in [1.29, 1.82) is 0 Å². The highest BCUT2D eigenvalue weighted by molar-refractivity contribution is 5.94. The van der Waals surface area contributed by atoms with E-state index in [1.54, 1.807) is 19.9 Å². The SMILES string of the molecule is CCOC(=O)C1=C(C[NH+](CC)Cc2ccc(OC)c(F)c2)NC(=O)N[C@H]1C. The number of quaternary nitrogens is 1. The molecule has 1 unspecified atom stereocenters. The highest BCUT2D eigenvalue weighted by Gasteiger charge is 2.31. The molecule has 0 aliphatic carbocycles. The second kappa shape index (κ2) is 9.36. The third-order valence-electron chi connectivity index (χ3n) is 4.46. The van der Waals surface area contributed by atoms with Gasteiger partial charge in [-0.3, -0.25) is 0 Å². The summed E-state index contributed by atoms with van der Waals surface area (Å²) >= 11 is 0. The lowest BCUT2D eigenvalue weighted by Crippen LogP contribution is -3.10. The van der Waals surface area contributed by atoms with Gasteiger partial charge in [0.05, 0.1) is 37.6 Å². The Morgan fingerprint density at radius 3 is 2.63 bits per heavy atom. The second-order valence-electron chi connectivity index (χ2n) is 6.36. The van der Waals surface area contributed by atoms with E-state index in [9.17, 15) is 14.0 Å². The normalized spacial score (nSPS) is 17.8. The molecule has 148 valence electrons. The molecule has 1 aromatic carbocycles. The fraction of sp³-hybridized carbons (Fsp3) is 0.474. The number of ether oxygens (including phenoxy) is 2. The van der Waals surface area contributed by atoms with Crippen molar-refractivity contribution in [3.8, 4) is 5.75 Å². The molecule has 0 spiro atoms. The van der Waals surface area contributed by atoms with E-state index in [0.29, 0.717) is 24.4 Å². The molecule has 0 saturated heterocycles. The first-order valence-corrected chi connectivity index (χ1v) is 9.03. The Kier molecular flexibility index (Phi) is 7.18. The lowest BCUT2D eigenvalue weighted by Gasteiger charge is -2.28. The number of nitrogens with one attached hydrogen (secondary N) is 3. The van der Waals surface area contributed by atoms with Crippen molar-refractivity contribution in [3.63, 3.8) is 0 Å². The minimum atomic E-state index is -0.446. The van der Waals surface area contributed by atoms with Gasteiger partial charge in [0.15, 0.2) is 11.6 Å². The van der Waals surface area contributed by atoms with Gasteiger partial charge >= 0.3 is 12.0 Å². The molecule has 0 fully saturated rings. The smallest absolute Gasteiger partial charge is 0.338 e. The molecule has 0 saturated carbocycles. The maximum atomic E-state index is 13.9. The Balaban J connectivity index is 2.23. The fourth-order valence-corrected chi connectivity index (χ4v) is 3.09. The van der Waals surface area contributed by atoms with Crippen LogP contribution in [0.15, 0.2) is 29.5 Å². The predicted octanol–water partition coefficient (Wildman–Crippen LogP) is 0.758. The van der Waals surface area contributed by atoms with E-state index >= 15 is 0 Å². The summed E-state index contributed by atoms with van der Waals surface area (Å²) in [5.74, 6) is -0.664. The molecule has 7 nitrogen and oxygen atoms in total. The third kappa shape index (κ3) is 5.19. The van der Waals surface area contributed by atoms with Gasteiger partial charge in [0.1, 0.15) is 13.1 Å². The topological polar surface area (TPSA) is 81.1 Å². The molecule has 3 N–H and O–H groups in total. The van der Waals surface area contributed by atoms with Crippen LogP contribution >= 0.6 is 0 Å². The Labute approximate surface area is 158 Å². The van der Waals surface area contributed by atoms with E-state index in [1.807, 2.05) is 13.0 Å². The van der Waals surface area contributed by atoms with E-state index in [2.05, 4.69) is 10.6 Å². The van der Waals surface area contributed by atoms with Gasteiger partial charge in [-0.15, -0.1) is 0 Å². The average Bonchev–Trinajstić information content (AvgIpc) is 2.61. The number of halogens is 1. The first-order chi connectivity index (χ1) is 12.9. The minimum Gasteiger partial charge on any atom is -0.494 e. The average molecular weight is 380 g/mol. The van der Waals surface area contributed by atoms with Gasteiger partial charge in [0.25, 0.3) is 0 Å². The van der Waals surface area contributed by atoms with Crippen molar-refractivity contribution >= 4 is 12.0 Å². The molecule has 1 aliphatic rings. The molecule has 8 heteroatoms. The van der Waals surface area contributed by atoms with Crippen molar-refractivity contribution in [2.24, 2.45) is 0 Å². The number of methoxy groups -OCH3 is 1. The summed E-state index contributed by atoms with van der Waals surface area (Å²) in [6.45, 7) is 7.41. The van der Waals surface area contributed by atoms with Crippen LogP contribution in [0.25, 0.3) is 0 Å².